The summed E-state index contributed by atoms with van der Waals surface area (Å²) >= 11 is 0. The van der Waals surface area contributed by atoms with Crippen LogP contribution in [0.2, 0.25) is 0 Å². The summed E-state index contributed by atoms with van der Waals surface area (Å²) in [4.78, 5) is 6.44. The molecule has 0 aliphatic heterocycles. The molecule has 0 bridgehead atoms. The molecule has 0 saturated heterocycles. The van der Waals surface area contributed by atoms with Gasteiger partial charge in [0.1, 0.15) is 46.0 Å². The molecule has 13 aromatic rings. The minimum atomic E-state index is 0.500. The maximum absolute atomic E-state index is 11.0. The first-order valence-corrected chi connectivity index (χ1v) is 29.1. The van der Waals surface area contributed by atoms with E-state index in [0.29, 0.717) is 34.1 Å². The molecule has 9 nitrogen and oxygen atoms in total. The number of benzene rings is 13. The molecule has 13 rings (SSSR count). The fraction of sp³-hybridized carbons (Fsp3) is 0. The van der Waals surface area contributed by atoms with Crippen molar-refractivity contribution in [3.05, 3.63) is 345 Å². The van der Waals surface area contributed by atoms with Crippen LogP contribution in [0.5, 0.6) is 46.0 Å². The van der Waals surface area contributed by atoms with Gasteiger partial charge in [-0.2, -0.15) is 10.5 Å². The molecule has 0 radical (unpaired) electrons. The van der Waals surface area contributed by atoms with Crippen molar-refractivity contribution in [3.63, 3.8) is 0 Å². The summed E-state index contributed by atoms with van der Waals surface area (Å²) in [7, 11) is 0. The highest BCUT2D eigenvalue weighted by atomic mass is 16.5. The van der Waals surface area contributed by atoms with E-state index in [-0.39, 0.29) is 0 Å². The van der Waals surface area contributed by atoms with Gasteiger partial charge in [-0.05, 0) is 229 Å². The predicted octanol–water partition coefficient (Wildman–Crippen LogP) is 22.3. The first kappa shape index (κ1) is 55.6. The number of rotatable bonds is 19. The fourth-order valence-electron chi connectivity index (χ4n) is 10.7. The second kappa shape index (κ2) is 26.1. The summed E-state index contributed by atoms with van der Waals surface area (Å²) in [5.41, 5.74) is 12.0. The number of ether oxygens (including phenoxy) is 4. The average molecular weight is 1150 g/mol. The van der Waals surface area contributed by atoms with Crippen molar-refractivity contribution in [3.8, 4) is 80.4 Å². The summed E-state index contributed by atoms with van der Waals surface area (Å²) in [6, 6.07) is 114. The maximum atomic E-state index is 11.0. The Hall–Kier alpha value is -12.6. The van der Waals surface area contributed by atoms with Gasteiger partial charge in [-0.3, -0.25) is 0 Å². The van der Waals surface area contributed by atoms with E-state index in [4.69, 9.17) is 18.9 Å². The van der Waals surface area contributed by atoms with Crippen molar-refractivity contribution in [2.24, 2.45) is 0 Å². The Morgan fingerprint density at radius 2 is 0.427 bits per heavy atom. The van der Waals surface area contributed by atoms with Gasteiger partial charge in [-0.1, -0.05) is 127 Å². The standard InChI is InChI=1S/C80H55N5O4/c81-56-60-54-69(83(63-32-42-75(43-33-63)86-71-24-8-2-9-25-71)64-34-44-76(45-35-64)87-72-26-10-3-11-27-72)40-50-79(60)58-18-16-22-67(52-58)85(62-20-6-1-7-21-62)68-23-17-19-59(53-68)80-51-41-70(55-61(80)57-82)84(65-36-46-77(47-37-65)88-73-28-12-4-13-29-73)66-38-48-78(49-39-66)89-74-30-14-5-15-31-74/h1-55H. The Morgan fingerprint density at radius 1 is 0.202 bits per heavy atom. The summed E-state index contributed by atoms with van der Waals surface area (Å²) < 4.78 is 24.7. The molecule has 0 N–H and O–H groups in total. The average Bonchev–Trinajstić information content (AvgIpc) is 1.74. The second-order valence-corrected chi connectivity index (χ2v) is 20.8. The van der Waals surface area contributed by atoms with Crippen molar-refractivity contribution in [1.82, 2.24) is 0 Å². The Labute approximate surface area is 517 Å². The van der Waals surface area contributed by atoms with Crippen molar-refractivity contribution in [2.75, 3.05) is 14.7 Å². The first-order chi connectivity index (χ1) is 44.0. The minimum absolute atomic E-state index is 0.500. The largest absolute Gasteiger partial charge is 0.457 e. The molecule has 89 heavy (non-hydrogen) atoms. The molecule has 0 fully saturated rings. The molecule has 424 valence electrons. The number of para-hydroxylation sites is 5. The van der Waals surface area contributed by atoms with Crippen LogP contribution in [0.4, 0.5) is 51.2 Å². The van der Waals surface area contributed by atoms with Crippen LogP contribution in [0.1, 0.15) is 11.1 Å². The maximum Gasteiger partial charge on any atom is 0.127 e. The lowest BCUT2D eigenvalue weighted by atomic mass is 9.97. The molecule has 0 heterocycles. The molecule has 0 spiro atoms. The van der Waals surface area contributed by atoms with Crippen LogP contribution in [-0.2, 0) is 0 Å². The molecular weight excluding hydrogens is 1090 g/mol. The highest BCUT2D eigenvalue weighted by molar-refractivity contribution is 5.87. The summed E-state index contributed by atoms with van der Waals surface area (Å²) in [5.74, 6) is 5.76. The normalized spacial score (nSPS) is 10.7. The van der Waals surface area contributed by atoms with Crippen LogP contribution >= 0.6 is 0 Å². The van der Waals surface area contributed by atoms with Crippen molar-refractivity contribution < 1.29 is 18.9 Å². The summed E-state index contributed by atoms with van der Waals surface area (Å²) in [6.07, 6.45) is 0. The van der Waals surface area contributed by atoms with Gasteiger partial charge in [0.05, 0.1) is 23.3 Å². The smallest absolute Gasteiger partial charge is 0.127 e. The monoisotopic (exact) mass is 1150 g/mol. The van der Waals surface area contributed by atoms with Crippen molar-refractivity contribution >= 4 is 51.2 Å². The number of hydrogen-bond acceptors (Lipinski definition) is 9. The molecule has 0 atom stereocenters. The fourth-order valence-corrected chi connectivity index (χ4v) is 10.7. The number of anilines is 9. The van der Waals surface area contributed by atoms with Crippen LogP contribution in [0.25, 0.3) is 22.3 Å². The van der Waals surface area contributed by atoms with Gasteiger partial charge in [-0.25, -0.2) is 0 Å². The third-order valence-corrected chi connectivity index (χ3v) is 14.9. The van der Waals surface area contributed by atoms with E-state index in [2.05, 4.69) is 75.4 Å². The van der Waals surface area contributed by atoms with E-state index in [1.807, 2.05) is 285 Å². The van der Waals surface area contributed by atoms with Crippen LogP contribution in [0, 0.1) is 22.7 Å². The summed E-state index contributed by atoms with van der Waals surface area (Å²) in [6.45, 7) is 0. The van der Waals surface area contributed by atoms with E-state index < -0.39 is 0 Å². The third-order valence-electron chi connectivity index (χ3n) is 14.9. The molecule has 13 aromatic carbocycles. The van der Waals surface area contributed by atoms with E-state index in [1.165, 1.54) is 0 Å². The zero-order valence-electron chi connectivity index (χ0n) is 48.1. The van der Waals surface area contributed by atoms with E-state index in [0.717, 1.165) is 96.4 Å². The van der Waals surface area contributed by atoms with Crippen molar-refractivity contribution in [2.45, 2.75) is 0 Å². The summed E-state index contributed by atoms with van der Waals surface area (Å²) in [5, 5.41) is 22.0. The van der Waals surface area contributed by atoms with Gasteiger partial charge in [0, 0.05) is 51.2 Å². The quantitative estimate of drug-likeness (QED) is 0.0784. The van der Waals surface area contributed by atoms with Crippen LogP contribution in [-0.4, -0.2) is 0 Å². The molecule has 0 unspecified atom stereocenters. The van der Waals surface area contributed by atoms with Crippen molar-refractivity contribution in [1.29, 1.82) is 10.5 Å². The van der Waals surface area contributed by atoms with Gasteiger partial charge in [0.15, 0.2) is 0 Å². The van der Waals surface area contributed by atoms with Gasteiger partial charge in [0.25, 0.3) is 0 Å². The van der Waals surface area contributed by atoms with E-state index in [1.54, 1.807) is 0 Å². The third kappa shape index (κ3) is 12.9. The molecule has 0 saturated carbocycles. The molecule has 0 aliphatic rings. The Morgan fingerprint density at radius 3 is 0.719 bits per heavy atom. The lowest BCUT2D eigenvalue weighted by Crippen LogP contribution is -2.11. The highest BCUT2D eigenvalue weighted by Gasteiger charge is 2.21. The van der Waals surface area contributed by atoms with Crippen LogP contribution < -0.4 is 33.6 Å². The lowest BCUT2D eigenvalue weighted by molar-refractivity contribution is 0.482. The number of nitrogens with zero attached hydrogens (tertiary/aromatic N) is 5. The Balaban J connectivity index is 0.822. The first-order valence-electron chi connectivity index (χ1n) is 29.1. The van der Waals surface area contributed by atoms with Gasteiger partial charge < -0.3 is 33.6 Å². The molecular formula is C80H55N5O4. The molecule has 0 aliphatic carbocycles. The highest BCUT2D eigenvalue weighted by Crippen LogP contribution is 2.44. The zero-order chi connectivity index (χ0) is 60.1. The van der Waals surface area contributed by atoms with Gasteiger partial charge >= 0.3 is 0 Å². The Bertz CT molecular complexity index is 4150. The zero-order valence-corrected chi connectivity index (χ0v) is 48.1. The number of nitriles is 2. The number of hydrogen-bond donors (Lipinski definition) is 0. The van der Waals surface area contributed by atoms with Crippen LogP contribution in [0.15, 0.2) is 334 Å². The predicted molar refractivity (Wildman–Crippen MR) is 357 cm³/mol. The molecule has 0 amide bonds. The molecule has 9 heteroatoms. The van der Waals surface area contributed by atoms with E-state index in [9.17, 15) is 10.5 Å². The van der Waals surface area contributed by atoms with Gasteiger partial charge in [-0.15, -0.1) is 0 Å². The SMILES string of the molecule is N#Cc1cc(N(c2ccc(Oc3ccccc3)cc2)c2ccc(Oc3ccccc3)cc2)ccc1-c1cccc(N(c2ccccc2)c2cccc(-c3ccc(N(c4ccc(Oc5ccccc5)cc4)c4ccc(Oc5ccccc5)cc4)cc3C#N)c2)c1. The lowest BCUT2D eigenvalue weighted by Gasteiger charge is -2.27. The van der Waals surface area contributed by atoms with Crippen LogP contribution in [0.3, 0.4) is 0 Å². The Kier molecular flexibility index (Phi) is 16.3. The van der Waals surface area contributed by atoms with Gasteiger partial charge in [0.2, 0.25) is 0 Å². The topological polar surface area (TPSA) is 94.2 Å². The minimum Gasteiger partial charge on any atom is -0.457 e. The van der Waals surface area contributed by atoms with E-state index >= 15 is 0 Å². The second-order valence-electron chi connectivity index (χ2n) is 20.8. The molecule has 0 aromatic heterocycles.